The summed E-state index contributed by atoms with van der Waals surface area (Å²) in [6.07, 6.45) is 1.50. The van der Waals surface area contributed by atoms with Gasteiger partial charge in [0.05, 0.1) is 41.6 Å². The van der Waals surface area contributed by atoms with Crippen LogP contribution < -0.4 is 10.5 Å². The molecule has 0 radical (unpaired) electrons. The number of carbonyl (C=O) groups is 1. The van der Waals surface area contributed by atoms with Crippen LogP contribution in [0.15, 0.2) is 43.0 Å². The molecule has 0 spiro atoms. The predicted molar refractivity (Wildman–Crippen MR) is 149 cm³/mol. The van der Waals surface area contributed by atoms with Crippen LogP contribution in [0.2, 0.25) is 10.0 Å². The number of aliphatic hydroxyl groups is 1. The molecule has 0 saturated carbocycles. The lowest BCUT2D eigenvalue weighted by Crippen LogP contribution is -2.39. The van der Waals surface area contributed by atoms with Crippen molar-refractivity contribution in [2.75, 3.05) is 18.9 Å². The lowest BCUT2D eigenvalue weighted by Gasteiger charge is -2.29. The van der Waals surface area contributed by atoms with Gasteiger partial charge in [-0.1, -0.05) is 29.3 Å². The van der Waals surface area contributed by atoms with Crippen molar-refractivity contribution in [1.29, 1.82) is 0 Å². The second-order valence-corrected chi connectivity index (χ2v) is 11.0. The van der Waals surface area contributed by atoms with Crippen LogP contribution in [-0.4, -0.2) is 60.0 Å². The lowest BCUT2D eigenvalue weighted by atomic mass is 9.93. The molecule has 1 unspecified atom stereocenters. The standard InChI is InChI=1S/C27H23Cl2F4N7O4/c1-26(32,33)10-44-25(41)39-7-16-20(8-39)37-24(34)38-23(16)22-18(29)4-14(28)5-21(22)43-11-27(42,9-40-13-35-12-36-40)17-3-2-15(30)6-19(17)31/h2-6,12-13,42H,7-11H2,1H3,(H2,34,37,38). The molecule has 3 N–H and O–H groups in total. The van der Waals surface area contributed by atoms with Gasteiger partial charge in [-0.05, 0) is 18.2 Å². The summed E-state index contributed by atoms with van der Waals surface area (Å²) >= 11 is 12.9. The number of aromatic nitrogens is 5. The third-order valence-electron chi connectivity index (χ3n) is 6.55. The molecule has 1 atom stereocenters. The predicted octanol–water partition coefficient (Wildman–Crippen LogP) is 4.98. The van der Waals surface area contributed by atoms with E-state index in [4.69, 9.17) is 38.4 Å². The van der Waals surface area contributed by atoms with Crippen LogP contribution >= 0.6 is 23.2 Å². The van der Waals surface area contributed by atoms with E-state index in [-0.39, 0.29) is 58.2 Å². The van der Waals surface area contributed by atoms with Gasteiger partial charge in [0.1, 0.15) is 42.2 Å². The normalized spacial score (nSPS) is 14.3. The fraction of sp³-hybridized carbons (Fsp3) is 0.296. The number of fused-ring (bicyclic) bond motifs is 1. The number of alkyl halides is 2. The van der Waals surface area contributed by atoms with Gasteiger partial charge in [0, 0.05) is 29.1 Å². The number of rotatable bonds is 9. The van der Waals surface area contributed by atoms with E-state index in [0.29, 0.717) is 24.2 Å². The number of carbonyl (C=O) groups excluding carboxylic acids is 1. The SMILES string of the molecule is CC(F)(F)COC(=O)N1Cc2nc(N)nc(-c3c(Cl)cc(Cl)cc3OCC(O)(Cn3cncn3)c3ccc(F)cc3F)c2C1. The minimum absolute atomic E-state index is 0.0195. The molecule has 2 aromatic carbocycles. The van der Waals surface area contributed by atoms with Gasteiger partial charge in [-0.3, -0.25) is 4.90 Å². The molecular weight excluding hydrogens is 633 g/mol. The van der Waals surface area contributed by atoms with E-state index in [0.717, 1.165) is 17.0 Å². The number of amides is 1. The number of nitrogens with two attached hydrogens (primary N) is 1. The van der Waals surface area contributed by atoms with Crippen molar-refractivity contribution >= 4 is 35.2 Å². The zero-order valence-corrected chi connectivity index (χ0v) is 24.3. The third kappa shape index (κ3) is 6.79. The summed E-state index contributed by atoms with van der Waals surface area (Å²) in [5.41, 5.74) is 4.51. The first-order chi connectivity index (χ1) is 20.7. The van der Waals surface area contributed by atoms with Crippen LogP contribution in [0.25, 0.3) is 11.3 Å². The fourth-order valence-corrected chi connectivity index (χ4v) is 5.20. The number of hydrogen-bond donors (Lipinski definition) is 2. The Labute approximate surface area is 257 Å². The number of nitrogen functional groups attached to an aromatic ring is 1. The lowest BCUT2D eigenvalue weighted by molar-refractivity contribution is -0.0455. The largest absolute Gasteiger partial charge is 0.489 e. The first kappa shape index (κ1) is 31.2. The molecule has 0 aliphatic carbocycles. The molecule has 2 aromatic heterocycles. The molecule has 0 fully saturated rings. The molecule has 0 bridgehead atoms. The molecule has 11 nitrogen and oxygen atoms in total. The highest BCUT2D eigenvalue weighted by Gasteiger charge is 2.37. The van der Waals surface area contributed by atoms with Gasteiger partial charge in [0.2, 0.25) is 5.95 Å². The maximum absolute atomic E-state index is 14.9. The third-order valence-corrected chi connectivity index (χ3v) is 7.07. The average molecular weight is 656 g/mol. The summed E-state index contributed by atoms with van der Waals surface area (Å²) in [4.78, 5) is 26.0. The van der Waals surface area contributed by atoms with Crippen LogP contribution in [0.5, 0.6) is 5.75 Å². The van der Waals surface area contributed by atoms with Gasteiger partial charge < -0.3 is 20.3 Å². The van der Waals surface area contributed by atoms with Crippen molar-refractivity contribution in [2.45, 2.75) is 38.1 Å². The zero-order chi connectivity index (χ0) is 31.8. The molecule has 1 aliphatic rings. The smallest absolute Gasteiger partial charge is 0.410 e. The van der Waals surface area contributed by atoms with Crippen molar-refractivity contribution in [3.63, 3.8) is 0 Å². The van der Waals surface area contributed by atoms with Gasteiger partial charge in [-0.25, -0.2) is 42.0 Å². The topological polar surface area (TPSA) is 142 Å². The first-order valence-electron chi connectivity index (χ1n) is 12.8. The van der Waals surface area contributed by atoms with Crippen molar-refractivity contribution in [1.82, 2.24) is 29.6 Å². The minimum Gasteiger partial charge on any atom is -0.489 e. The second kappa shape index (κ2) is 12.1. The Hall–Kier alpha value is -4.21. The Bertz CT molecular complexity index is 1710. The Morgan fingerprint density at radius 1 is 1.14 bits per heavy atom. The number of benzene rings is 2. The monoisotopic (exact) mass is 655 g/mol. The summed E-state index contributed by atoms with van der Waals surface area (Å²) in [5, 5.41) is 15.8. The minimum atomic E-state index is -3.23. The fourth-order valence-electron chi connectivity index (χ4n) is 4.64. The summed E-state index contributed by atoms with van der Waals surface area (Å²) in [7, 11) is 0. The highest BCUT2D eigenvalue weighted by Crippen LogP contribution is 2.43. The van der Waals surface area contributed by atoms with Gasteiger partial charge >= 0.3 is 6.09 Å². The van der Waals surface area contributed by atoms with Gasteiger partial charge in [0.25, 0.3) is 5.92 Å². The van der Waals surface area contributed by atoms with Gasteiger partial charge in [-0.2, -0.15) is 5.10 Å². The van der Waals surface area contributed by atoms with E-state index in [1.54, 1.807) is 0 Å². The molecule has 44 heavy (non-hydrogen) atoms. The van der Waals surface area contributed by atoms with E-state index >= 15 is 0 Å². The van der Waals surface area contributed by atoms with E-state index in [1.165, 1.54) is 29.5 Å². The van der Waals surface area contributed by atoms with Crippen LogP contribution in [0.3, 0.4) is 0 Å². The second-order valence-electron chi connectivity index (χ2n) is 10.1. The molecule has 3 heterocycles. The van der Waals surface area contributed by atoms with Crippen molar-refractivity contribution < 1.29 is 36.9 Å². The summed E-state index contributed by atoms with van der Waals surface area (Å²) in [6.45, 7) is -1.73. The van der Waals surface area contributed by atoms with Crippen molar-refractivity contribution in [3.8, 4) is 17.0 Å². The van der Waals surface area contributed by atoms with E-state index in [9.17, 15) is 27.5 Å². The molecule has 4 aromatic rings. The molecule has 17 heteroatoms. The maximum atomic E-state index is 14.9. The summed E-state index contributed by atoms with van der Waals surface area (Å²) in [6, 6.07) is 5.44. The Balaban J connectivity index is 1.51. The van der Waals surface area contributed by atoms with Gasteiger partial charge in [-0.15, -0.1) is 0 Å². The van der Waals surface area contributed by atoms with Gasteiger partial charge in [0.15, 0.2) is 6.61 Å². The summed E-state index contributed by atoms with van der Waals surface area (Å²) < 4.78 is 67.2. The van der Waals surface area contributed by atoms with E-state index in [2.05, 4.69) is 20.1 Å². The van der Waals surface area contributed by atoms with E-state index in [1.807, 2.05) is 0 Å². The average Bonchev–Trinajstić information content (AvgIpc) is 3.59. The first-order valence-corrected chi connectivity index (χ1v) is 13.6. The number of hydrogen-bond acceptors (Lipinski definition) is 9. The maximum Gasteiger partial charge on any atom is 0.410 e. The van der Waals surface area contributed by atoms with E-state index < -0.39 is 42.5 Å². The molecule has 232 valence electrons. The number of ether oxygens (including phenoxy) is 2. The zero-order valence-electron chi connectivity index (χ0n) is 22.8. The molecule has 5 rings (SSSR count). The molecule has 1 aliphatic heterocycles. The quantitative estimate of drug-likeness (QED) is 0.239. The van der Waals surface area contributed by atoms with Crippen LogP contribution in [0.4, 0.5) is 28.3 Å². The van der Waals surface area contributed by atoms with Crippen molar-refractivity contribution in [3.05, 3.63) is 81.5 Å². The highest BCUT2D eigenvalue weighted by atomic mass is 35.5. The Kier molecular flexibility index (Phi) is 8.55. The molecule has 0 saturated heterocycles. The van der Waals surface area contributed by atoms with Crippen molar-refractivity contribution in [2.24, 2.45) is 0 Å². The number of nitrogens with zero attached hydrogens (tertiary/aromatic N) is 6. The highest BCUT2D eigenvalue weighted by molar-refractivity contribution is 6.37. The van der Waals surface area contributed by atoms with Crippen LogP contribution in [-0.2, 0) is 30.0 Å². The Morgan fingerprint density at radius 3 is 2.59 bits per heavy atom. The number of halogens is 6. The molecule has 1 amide bonds. The van der Waals surface area contributed by atoms with Crippen LogP contribution in [0, 0.1) is 11.6 Å². The number of anilines is 1. The van der Waals surface area contributed by atoms with Crippen LogP contribution in [0.1, 0.15) is 23.7 Å². The molecular formula is C27H23Cl2F4N7O4. The Morgan fingerprint density at radius 2 is 1.91 bits per heavy atom. The summed E-state index contributed by atoms with van der Waals surface area (Å²) in [5.74, 6) is -5.32.